The Hall–Kier alpha value is -2.77. The fraction of sp³-hybridized carbons (Fsp3) is 0.381. The number of benzene rings is 2. The molecule has 3 aliphatic heterocycles. The van der Waals surface area contributed by atoms with Gasteiger partial charge in [-0.05, 0) is 24.5 Å². The molecule has 3 heterocycles. The zero-order valence-corrected chi connectivity index (χ0v) is 15.2. The van der Waals surface area contributed by atoms with E-state index in [4.69, 9.17) is 0 Å². The van der Waals surface area contributed by atoms with Crippen LogP contribution in [0.2, 0.25) is 0 Å². The van der Waals surface area contributed by atoms with Crippen molar-refractivity contribution in [1.82, 2.24) is 4.90 Å². The number of nitro groups is 1. The second kappa shape index (κ2) is 5.86. The monoisotopic (exact) mass is 379 g/mol. The first-order valence-electron chi connectivity index (χ1n) is 9.57. The van der Waals surface area contributed by atoms with E-state index < -0.39 is 34.4 Å². The normalized spacial score (nSPS) is 33.7. The van der Waals surface area contributed by atoms with Crippen LogP contribution in [0.4, 0.5) is 5.69 Å². The molecule has 144 valence electrons. The summed E-state index contributed by atoms with van der Waals surface area (Å²) in [6, 6.07) is 16.3. The van der Waals surface area contributed by atoms with E-state index in [1.54, 1.807) is 24.3 Å². The highest BCUT2D eigenvalue weighted by Crippen LogP contribution is 2.63. The molecule has 2 saturated heterocycles. The fourth-order valence-corrected chi connectivity index (χ4v) is 5.98. The second-order valence-corrected chi connectivity index (χ2v) is 7.84. The molecule has 0 radical (unpaired) electrons. The van der Waals surface area contributed by atoms with Gasteiger partial charge in [0.25, 0.3) is 11.4 Å². The predicted octanol–water partition coefficient (Wildman–Crippen LogP) is 2.10. The molecule has 7 heteroatoms. The zero-order chi connectivity index (χ0) is 19.5. The van der Waals surface area contributed by atoms with Crippen LogP contribution in [0.15, 0.2) is 54.6 Å². The molecule has 0 bridgehead atoms. The molecule has 1 spiro atoms. The van der Waals surface area contributed by atoms with Gasteiger partial charge in [-0.15, -0.1) is 0 Å². The van der Waals surface area contributed by atoms with Crippen LogP contribution >= 0.6 is 0 Å². The Morgan fingerprint density at radius 2 is 1.89 bits per heavy atom. The van der Waals surface area contributed by atoms with Crippen LogP contribution < -0.4 is 5.32 Å². The largest absolute Gasteiger partial charge is 0.389 e. The van der Waals surface area contributed by atoms with Gasteiger partial charge in [0.05, 0.1) is 5.92 Å². The standard InChI is InChI=1S/C21H21N3O4/c25-13-20(24(27)28)18(14-7-2-1-3-8-14)17-11-6-12-23(17)21(20)15-9-4-5-10-16(15)22-19(21)26/h1-5,7-10,17-18,25H,6,11-13H2,(H,22,26)/t17-,18-,20+,21?/m1/s1. The zero-order valence-electron chi connectivity index (χ0n) is 15.2. The van der Waals surface area contributed by atoms with E-state index in [1.807, 2.05) is 35.2 Å². The topological polar surface area (TPSA) is 95.7 Å². The maximum absolute atomic E-state index is 13.5. The lowest BCUT2D eigenvalue weighted by atomic mass is 9.66. The van der Waals surface area contributed by atoms with E-state index in [0.29, 0.717) is 17.8 Å². The van der Waals surface area contributed by atoms with Crippen molar-refractivity contribution < 1.29 is 14.8 Å². The van der Waals surface area contributed by atoms with Crippen molar-refractivity contribution in [3.05, 3.63) is 75.8 Å². The Morgan fingerprint density at radius 1 is 1.18 bits per heavy atom. The molecule has 1 unspecified atom stereocenters. The number of nitrogens with zero attached hydrogens (tertiary/aromatic N) is 2. The molecule has 3 aliphatic rings. The first-order chi connectivity index (χ1) is 13.6. The summed E-state index contributed by atoms with van der Waals surface area (Å²) in [7, 11) is 0. The number of carbonyl (C=O) groups excluding carboxylic acids is 1. The molecule has 4 atom stereocenters. The lowest BCUT2D eigenvalue weighted by Crippen LogP contribution is -2.66. The number of amides is 1. The van der Waals surface area contributed by atoms with Crippen molar-refractivity contribution >= 4 is 11.6 Å². The number of nitrogens with one attached hydrogen (secondary N) is 1. The number of rotatable bonds is 3. The number of fused-ring (bicyclic) bond motifs is 4. The van der Waals surface area contributed by atoms with Gasteiger partial charge in [0.15, 0.2) is 0 Å². The summed E-state index contributed by atoms with van der Waals surface area (Å²) < 4.78 is 0. The molecule has 2 aromatic rings. The van der Waals surface area contributed by atoms with Crippen LogP contribution in [0, 0.1) is 10.1 Å². The summed E-state index contributed by atoms with van der Waals surface area (Å²) in [5.74, 6) is -1.00. The van der Waals surface area contributed by atoms with Crippen LogP contribution in [-0.2, 0) is 10.3 Å². The van der Waals surface area contributed by atoms with Crippen LogP contribution in [0.1, 0.15) is 29.9 Å². The smallest absolute Gasteiger partial charge is 0.284 e. The number of aliphatic hydroxyl groups excluding tert-OH is 1. The highest BCUT2D eigenvalue weighted by Gasteiger charge is 2.82. The first-order valence-corrected chi connectivity index (χ1v) is 9.57. The molecular weight excluding hydrogens is 358 g/mol. The molecule has 0 aliphatic carbocycles. The van der Waals surface area contributed by atoms with Crippen LogP contribution in [0.25, 0.3) is 0 Å². The number of anilines is 1. The lowest BCUT2D eigenvalue weighted by molar-refractivity contribution is -0.587. The minimum absolute atomic E-state index is 0.183. The van der Waals surface area contributed by atoms with Gasteiger partial charge in [-0.2, -0.15) is 0 Å². The fourth-order valence-electron chi connectivity index (χ4n) is 5.98. The van der Waals surface area contributed by atoms with Gasteiger partial charge in [0, 0.05) is 28.8 Å². The van der Waals surface area contributed by atoms with Gasteiger partial charge < -0.3 is 10.4 Å². The van der Waals surface area contributed by atoms with Crippen molar-refractivity contribution in [3.63, 3.8) is 0 Å². The van der Waals surface area contributed by atoms with Gasteiger partial charge in [0.2, 0.25) is 5.54 Å². The van der Waals surface area contributed by atoms with E-state index in [1.165, 1.54) is 0 Å². The van der Waals surface area contributed by atoms with Crippen molar-refractivity contribution in [2.45, 2.75) is 35.9 Å². The van der Waals surface area contributed by atoms with Crippen molar-refractivity contribution in [1.29, 1.82) is 0 Å². The summed E-state index contributed by atoms with van der Waals surface area (Å²) in [4.78, 5) is 27.8. The molecule has 7 nitrogen and oxygen atoms in total. The Kier molecular flexibility index (Phi) is 3.63. The summed E-state index contributed by atoms with van der Waals surface area (Å²) in [5.41, 5.74) is -1.42. The minimum atomic E-state index is -1.86. The third kappa shape index (κ3) is 1.78. The number of carbonyl (C=O) groups is 1. The predicted molar refractivity (Wildman–Crippen MR) is 102 cm³/mol. The molecule has 2 aromatic carbocycles. The molecule has 1 amide bonds. The van der Waals surface area contributed by atoms with Crippen molar-refractivity contribution in [3.8, 4) is 0 Å². The van der Waals surface area contributed by atoms with Crippen molar-refractivity contribution in [2.75, 3.05) is 18.5 Å². The van der Waals surface area contributed by atoms with E-state index in [-0.39, 0.29) is 6.04 Å². The number of aliphatic hydroxyl groups is 1. The maximum atomic E-state index is 13.5. The van der Waals surface area contributed by atoms with Crippen LogP contribution in [0.3, 0.4) is 0 Å². The van der Waals surface area contributed by atoms with Gasteiger partial charge in [0.1, 0.15) is 6.61 Å². The summed E-state index contributed by atoms with van der Waals surface area (Å²) in [6.45, 7) is -0.125. The molecular formula is C21H21N3O4. The van der Waals surface area contributed by atoms with Crippen LogP contribution in [-0.4, -0.2) is 45.6 Å². The van der Waals surface area contributed by atoms with Crippen molar-refractivity contribution in [2.24, 2.45) is 0 Å². The van der Waals surface area contributed by atoms with E-state index in [2.05, 4.69) is 5.32 Å². The highest BCUT2D eigenvalue weighted by molar-refractivity contribution is 6.07. The van der Waals surface area contributed by atoms with E-state index in [0.717, 1.165) is 18.4 Å². The molecule has 0 aromatic heterocycles. The Bertz CT molecular complexity index is 965. The van der Waals surface area contributed by atoms with Gasteiger partial charge in [-0.25, -0.2) is 0 Å². The van der Waals surface area contributed by atoms with Gasteiger partial charge >= 0.3 is 0 Å². The molecule has 0 saturated carbocycles. The number of hydrogen-bond acceptors (Lipinski definition) is 5. The van der Waals surface area contributed by atoms with Gasteiger partial charge in [-0.1, -0.05) is 48.5 Å². The van der Waals surface area contributed by atoms with E-state index >= 15 is 0 Å². The first kappa shape index (κ1) is 17.3. The average molecular weight is 379 g/mol. The molecule has 2 fully saturated rings. The lowest BCUT2D eigenvalue weighted by Gasteiger charge is -2.39. The SMILES string of the molecule is O=C1Nc2ccccc2C12N1CCC[C@@H]1[C@@H](c1ccccc1)[C@]2(CO)[N+](=O)[O-]. The maximum Gasteiger partial charge on any atom is 0.284 e. The third-order valence-electron chi connectivity index (χ3n) is 6.88. The quantitative estimate of drug-likeness (QED) is 0.629. The van der Waals surface area contributed by atoms with Crippen LogP contribution in [0.5, 0.6) is 0 Å². The molecule has 28 heavy (non-hydrogen) atoms. The third-order valence-corrected chi connectivity index (χ3v) is 6.88. The molecule has 5 rings (SSSR count). The molecule has 2 N–H and O–H groups in total. The number of hydrogen-bond donors (Lipinski definition) is 2. The Morgan fingerprint density at radius 3 is 2.61 bits per heavy atom. The summed E-state index contributed by atoms with van der Waals surface area (Å²) >= 11 is 0. The van der Waals surface area contributed by atoms with Gasteiger partial charge in [-0.3, -0.25) is 19.8 Å². The average Bonchev–Trinajstić information content (AvgIpc) is 3.35. The Labute approximate surface area is 162 Å². The minimum Gasteiger partial charge on any atom is -0.389 e. The summed E-state index contributed by atoms with van der Waals surface area (Å²) in [5, 5.41) is 26.2. The summed E-state index contributed by atoms with van der Waals surface area (Å²) in [6.07, 6.45) is 1.62. The highest BCUT2D eigenvalue weighted by atomic mass is 16.6. The number of para-hydroxylation sites is 1. The Balaban J connectivity index is 1.87. The second-order valence-electron chi connectivity index (χ2n) is 7.84. The van der Waals surface area contributed by atoms with E-state index in [9.17, 15) is 20.0 Å².